The van der Waals surface area contributed by atoms with E-state index in [9.17, 15) is 9.90 Å². The van der Waals surface area contributed by atoms with Gasteiger partial charge in [-0.15, -0.1) is 0 Å². The predicted octanol–water partition coefficient (Wildman–Crippen LogP) is 2.32. The number of carbonyl (C=O) groups excluding carboxylic acids is 1. The molecule has 2 aliphatic rings. The van der Waals surface area contributed by atoms with Crippen molar-refractivity contribution in [2.75, 3.05) is 14.1 Å². The van der Waals surface area contributed by atoms with Crippen LogP contribution >= 0.6 is 0 Å². The fourth-order valence-corrected chi connectivity index (χ4v) is 2.35. The summed E-state index contributed by atoms with van der Waals surface area (Å²) in [5.41, 5.74) is 1.44. The SMILES string of the molecule is C/N=N/C1(O)CCCCC1.CNN.O=C1CCCCC1. The highest BCUT2D eigenvalue weighted by atomic mass is 16.3. The number of hydrogen-bond donors (Lipinski definition) is 3. The average Bonchev–Trinajstić information content (AvgIpc) is 2.42. The third-order valence-electron chi connectivity index (χ3n) is 3.35. The Hall–Kier alpha value is -0.850. The van der Waals surface area contributed by atoms with Gasteiger partial charge in [0.1, 0.15) is 5.78 Å². The first-order valence-electron chi connectivity index (χ1n) is 7.50. The van der Waals surface area contributed by atoms with Crippen LogP contribution in [0.15, 0.2) is 10.2 Å². The molecule has 2 fully saturated rings. The monoisotopic (exact) mass is 286 g/mol. The molecule has 0 aliphatic heterocycles. The number of nitrogens with one attached hydrogen (secondary N) is 1. The number of azo groups is 1. The van der Waals surface area contributed by atoms with Gasteiger partial charge in [-0.3, -0.25) is 16.1 Å². The highest BCUT2D eigenvalue weighted by Crippen LogP contribution is 2.28. The Morgan fingerprint density at radius 2 is 1.55 bits per heavy atom. The van der Waals surface area contributed by atoms with Gasteiger partial charge >= 0.3 is 0 Å². The van der Waals surface area contributed by atoms with E-state index in [4.69, 9.17) is 0 Å². The normalized spacial score (nSPS) is 21.5. The maximum absolute atomic E-state index is 10.5. The Morgan fingerprint density at radius 3 is 1.90 bits per heavy atom. The van der Waals surface area contributed by atoms with Crippen molar-refractivity contribution in [3.8, 4) is 0 Å². The first kappa shape index (κ1) is 19.1. The Kier molecular flexibility index (Phi) is 11.4. The van der Waals surface area contributed by atoms with E-state index in [0.717, 1.165) is 51.4 Å². The van der Waals surface area contributed by atoms with Crippen LogP contribution in [0, 0.1) is 0 Å². The third-order valence-corrected chi connectivity index (χ3v) is 3.35. The second-order valence-corrected chi connectivity index (χ2v) is 5.23. The van der Waals surface area contributed by atoms with Crippen molar-refractivity contribution in [1.29, 1.82) is 0 Å². The molecular formula is C14H30N4O2. The van der Waals surface area contributed by atoms with E-state index in [1.807, 2.05) is 0 Å². The second kappa shape index (κ2) is 11.9. The molecule has 0 radical (unpaired) electrons. The van der Waals surface area contributed by atoms with Crippen molar-refractivity contribution < 1.29 is 9.90 Å². The average molecular weight is 286 g/mol. The van der Waals surface area contributed by atoms with Crippen LogP contribution in [0.2, 0.25) is 0 Å². The molecule has 0 aromatic carbocycles. The molecule has 0 heterocycles. The van der Waals surface area contributed by atoms with E-state index < -0.39 is 5.72 Å². The molecule has 118 valence electrons. The molecule has 0 amide bonds. The molecule has 6 nitrogen and oxygen atoms in total. The van der Waals surface area contributed by atoms with Gasteiger partial charge in [-0.25, -0.2) is 0 Å². The summed E-state index contributed by atoms with van der Waals surface area (Å²) in [4.78, 5) is 10.5. The van der Waals surface area contributed by atoms with Gasteiger partial charge in [-0.2, -0.15) is 10.2 Å². The van der Waals surface area contributed by atoms with E-state index >= 15 is 0 Å². The number of Topliss-reactive ketones (excluding diaryl/α,β-unsaturated/α-hetero) is 1. The first-order valence-corrected chi connectivity index (χ1v) is 7.50. The fourth-order valence-electron chi connectivity index (χ4n) is 2.35. The summed E-state index contributed by atoms with van der Waals surface area (Å²) in [7, 11) is 3.26. The Bertz CT molecular complexity index is 268. The maximum Gasteiger partial charge on any atom is 0.176 e. The molecule has 0 aromatic rings. The third kappa shape index (κ3) is 10.00. The van der Waals surface area contributed by atoms with Gasteiger partial charge in [0.25, 0.3) is 0 Å². The molecule has 0 bridgehead atoms. The summed E-state index contributed by atoms with van der Waals surface area (Å²) < 4.78 is 0. The molecule has 0 spiro atoms. The summed E-state index contributed by atoms with van der Waals surface area (Å²) >= 11 is 0. The van der Waals surface area contributed by atoms with Crippen molar-refractivity contribution in [2.45, 2.75) is 69.9 Å². The lowest BCUT2D eigenvalue weighted by Crippen LogP contribution is -2.28. The molecule has 2 aliphatic carbocycles. The van der Waals surface area contributed by atoms with Crippen LogP contribution in [0.5, 0.6) is 0 Å². The molecule has 4 N–H and O–H groups in total. The minimum atomic E-state index is -0.812. The fraction of sp³-hybridized carbons (Fsp3) is 0.929. The van der Waals surface area contributed by atoms with Crippen molar-refractivity contribution in [2.24, 2.45) is 16.1 Å². The molecule has 6 heteroatoms. The lowest BCUT2D eigenvalue weighted by atomic mass is 9.93. The van der Waals surface area contributed by atoms with Gasteiger partial charge in [-0.05, 0) is 45.6 Å². The minimum absolute atomic E-state index is 0.464. The number of hydrogen-bond acceptors (Lipinski definition) is 6. The molecule has 2 rings (SSSR count). The van der Waals surface area contributed by atoms with E-state index in [2.05, 4.69) is 21.5 Å². The van der Waals surface area contributed by atoms with Crippen LogP contribution in [0.4, 0.5) is 0 Å². The van der Waals surface area contributed by atoms with Crippen LogP contribution in [0.1, 0.15) is 64.2 Å². The van der Waals surface area contributed by atoms with Gasteiger partial charge in [0, 0.05) is 19.9 Å². The zero-order valence-electron chi connectivity index (χ0n) is 12.9. The quantitative estimate of drug-likeness (QED) is 0.391. The van der Waals surface area contributed by atoms with E-state index in [-0.39, 0.29) is 0 Å². The lowest BCUT2D eigenvalue weighted by molar-refractivity contribution is -0.120. The molecule has 20 heavy (non-hydrogen) atoms. The van der Waals surface area contributed by atoms with Gasteiger partial charge in [-0.1, -0.05) is 12.8 Å². The molecule has 0 aromatic heterocycles. The number of nitrogens with zero attached hydrogens (tertiary/aromatic N) is 2. The highest BCUT2D eigenvalue weighted by Gasteiger charge is 2.28. The van der Waals surface area contributed by atoms with Crippen molar-refractivity contribution in [1.82, 2.24) is 5.43 Å². The summed E-state index contributed by atoms with van der Waals surface area (Å²) in [5.74, 6) is 5.06. The predicted molar refractivity (Wildman–Crippen MR) is 80.2 cm³/mol. The topological polar surface area (TPSA) is 100 Å². The highest BCUT2D eigenvalue weighted by molar-refractivity contribution is 5.78. The zero-order valence-corrected chi connectivity index (χ0v) is 12.9. The van der Waals surface area contributed by atoms with Gasteiger partial charge < -0.3 is 5.11 Å². The van der Waals surface area contributed by atoms with Crippen LogP contribution < -0.4 is 11.3 Å². The minimum Gasteiger partial charge on any atom is -0.368 e. The second-order valence-electron chi connectivity index (χ2n) is 5.23. The van der Waals surface area contributed by atoms with Gasteiger partial charge in [0.05, 0.1) is 0 Å². The summed E-state index contributed by atoms with van der Waals surface area (Å²) in [6.45, 7) is 0. The van der Waals surface area contributed by atoms with E-state index in [1.165, 1.54) is 12.8 Å². The van der Waals surface area contributed by atoms with E-state index in [1.54, 1.807) is 14.1 Å². The number of ketones is 1. The summed E-state index contributed by atoms with van der Waals surface area (Å²) in [6.07, 6.45) is 10.2. The first-order chi connectivity index (χ1) is 9.58. The van der Waals surface area contributed by atoms with Crippen LogP contribution in [0.3, 0.4) is 0 Å². The standard InChI is InChI=1S/C7H14N2O.C6H10O.CH6N2/c1-8-9-7(10)5-3-2-4-6-7;7-6-4-2-1-3-5-6;1-3-2/h10H,2-6H2,1H3;1-5H2;3H,2H2,1H3/b9-8+;;. The maximum atomic E-state index is 10.5. The molecular weight excluding hydrogens is 256 g/mol. The van der Waals surface area contributed by atoms with E-state index in [0.29, 0.717) is 5.78 Å². The number of nitrogens with two attached hydrogens (primary N) is 1. The van der Waals surface area contributed by atoms with Crippen molar-refractivity contribution >= 4 is 5.78 Å². The molecule has 2 saturated carbocycles. The Morgan fingerprint density at radius 1 is 1.10 bits per heavy atom. The molecule has 0 saturated heterocycles. The van der Waals surface area contributed by atoms with Crippen molar-refractivity contribution in [3.05, 3.63) is 0 Å². The smallest absolute Gasteiger partial charge is 0.176 e. The zero-order chi connectivity index (χ0) is 15.3. The van der Waals surface area contributed by atoms with Gasteiger partial charge in [0.2, 0.25) is 0 Å². The lowest BCUT2D eigenvalue weighted by Gasteiger charge is -2.26. The van der Waals surface area contributed by atoms with Crippen LogP contribution in [-0.2, 0) is 4.79 Å². The number of aliphatic hydroxyl groups is 1. The Labute approximate surface area is 122 Å². The van der Waals surface area contributed by atoms with Gasteiger partial charge in [0.15, 0.2) is 5.72 Å². The largest absolute Gasteiger partial charge is 0.368 e. The number of carbonyl (C=O) groups is 1. The molecule has 0 atom stereocenters. The number of hydrazine groups is 1. The summed E-state index contributed by atoms with van der Waals surface area (Å²) in [6, 6.07) is 0. The Balaban J connectivity index is 0.000000315. The number of rotatable bonds is 1. The molecule has 0 unspecified atom stereocenters. The van der Waals surface area contributed by atoms with Crippen molar-refractivity contribution in [3.63, 3.8) is 0 Å². The summed E-state index contributed by atoms with van der Waals surface area (Å²) in [5, 5.41) is 17.0. The van der Waals surface area contributed by atoms with Crippen LogP contribution in [0.25, 0.3) is 0 Å². The van der Waals surface area contributed by atoms with Crippen LogP contribution in [-0.4, -0.2) is 30.7 Å².